The smallest absolute Gasteiger partial charge is 0.118 e. The Hall–Kier alpha value is -0.820. The fraction of sp³-hybridized carbons (Fsp3) is 0.565. The molecule has 2 fully saturated rings. The van der Waals surface area contributed by atoms with E-state index < -0.39 is 0 Å². The van der Waals surface area contributed by atoms with E-state index in [-0.39, 0.29) is 12.4 Å². The number of ether oxygens (including phenoxy) is 1. The van der Waals surface area contributed by atoms with Gasteiger partial charge in [-0.2, -0.15) is 0 Å². The number of thiophene rings is 1. The Labute approximate surface area is 196 Å². The molecule has 0 bridgehead atoms. The van der Waals surface area contributed by atoms with Crippen molar-refractivity contribution in [1.82, 2.24) is 14.7 Å². The van der Waals surface area contributed by atoms with Crippen LogP contribution in [-0.4, -0.2) is 67.1 Å². The Morgan fingerprint density at radius 3 is 2.30 bits per heavy atom. The number of piperidine rings is 1. The molecule has 4 nitrogen and oxygen atoms in total. The van der Waals surface area contributed by atoms with Crippen molar-refractivity contribution < 1.29 is 4.74 Å². The molecule has 1 aromatic carbocycles. The van der Waals surface area contributed by atoms with Crippen molar-refractivity contribution in [3.8, 4) is 5.75 Å². The first-order chi connectivity index (χ1) is 14.2. The summed E-state index contributed by atoms with van der Waals surface area (Å²) in [6.45, 7) is 9.30. The Balaban J connectivity index is 0.00000256. The number of hydrogen-bond acceptors (Lipinski definition) is 5. The highest BCUT2D eigenvalue weighted by molar-refractivity contribution is 7.16. The van der Waals surface area contributed by atoms with Crippen LogP contribution in [0.25, 0.3) is 0 Å². The van der Waals surface area contributed by atoms with Crippen molar-refractivity contribution in [3.63, 3.8) is 0 Å². The Kier molecular flexibility index (Phi) is 9.30. The second-order valence-corrected chi connectivity index (χ2v) is 10.0. The van der Waals surface area contributed by atoms with Crippen LogP contribution in [0.1, 0.15) is 29.7 Å². The third-order valence-electron chi connectivity index (χ3n) is 6.27. The molecule has 2 aromatic rings. The van der Waals surface area contributed by atoms with Gasteiger partial charge in [-0.3, -0.25) is 14.7 Å². The molecule has 0 saturated carbocycles. The minimum absolute atomic E-state index is 0. The van der Waals surface area contributed by atoms with Crippen LogP contribution >= 0.6 is 35.3 Å². The second kappa shape index (κ2) is 11.7. The molecule has 166 valence electrons. The molecular formula is C23H33Cl2N3OS. The molecule has 1 aromatic heterocycles. The minimum atomic E-state index is 0. The Morgan fingerprint density at radius 2 is 1.63 bits per heavy atom. The molecule has 30 heavy (non-hydrogen) atoms. The van der Waals surface area contributed by atoms with Crippen LogP contribution in [0.15, 0.2) is 36.4 Å². The third kappa shape index (κ3) is 6.59. The molecule has 0 amide bonds. The fourth-order valence-electron chi connectivity index (χ4n) is 4.60. The zero-order valence-corrected chi connectivity index (χ0v) is 20.2. The largest absolute Gasteiger partial charge is 0.497 e. The Morgan fingerprint density at radius 1 is 0.900 bits per heavy atom. The average molecular weight is 471 g/mol. The van der Waals surface area contributed by atoms with Gasteiger partial charge in [0.25, 0.3) is 0 Å². The summed E-state index contributed by atoms with van der Waals surface area (Å²) in [5.41, 5.74) is 1.38. The van der Waals surface area contributed by atoms with Crippen LogP contribution in [0.4, 0.5) is 0 Å². The molecule has 3 heterocycles. The second-order valence-electron chi connectivity index (χ2n) is 8.23. The lowest BCUT2D eigenvalue weighted by Gasteiger charge is -2.38. The van der Waals surface area contributed by atoms with Crippen molar-refractivity contribution in [3.05, 3.63) is 51.2 Å². The van der Waals surface area contributed by atoms with E-state index in [2.05, 4.69) is 45.0 Å². The zero-order chi connectivity index (χ0) is 20.1. The van der Waals surface area contributed by atoms with Gasteiger partial charge in [-0.05, 0) is 75.3 Å². The number of hydrogen-bond donors (Lipinski definition) is 0. The summed E-state index contributed by atoms with van der Waals surface area (Å²) in [5.74, 6) is 0.935. The predicted octanol–water partition coefficient (Wildman–Crippen LogP) is 5.00. The molecule has 2 saturated heterocycles. The highest BCUT2D eigenvalue weighted by Crippen LogP contribution is 2.24. The molecule has 2 aliphatic heterocycles. The summed E-state index contributed by atoms with van der Waals surface area (Å²) in [6.07, 6.45) is 3.85. The number of likely N-dealkylation sites (tertiary alicyclic amines) is 1. The van der Waals surface area contributed by atoms with Gasteiger partial charge in [0.15, 0.2) is 0 Å². The molecular weight excluding hydrogens is 437 g/mol. The monoisotopic (exact) mass is 469 g/mol. The van der Waals surface area contributed by atoms with Crippen LogP contribution in [0.3, 0.4) is 0 Å². The van der Waals surface area contributed by atoms with E-state index in [1.54, 1.807) is 18.4 Å². The van der Waals surface area contributed by atoms with E-state index >= 15 is 0 Å². The van der Waals surface area contributed by atoms with Crippen LogP contribution in [0.5, 0.6) is 5.75 Å². The maximum atomic E-state index is 6.09. The highest BCUT2D eigenvalue weighted by atomic mass is 35.5. The lowest BCUT2D eigenvalue weighted by atomic mass is 10.0. The van der Waals surface area contributed by atoms with Gasteiger partial charge >= 0.3 is 0 Å². The fourth-order valence-corrected chi connectivity index (χ4v) is 5.73. The topological polar surface area (TPSA) is 19.0 Å². The van der Waals surface area contributed by atoms with E-state index in [9.17, 15) is 0 Å². The summed E-state index contributed by atoms with van der Waals surface area (Å²) in [7, 11) is 1.72. The summed E-state index contributed by atoms with van der Waals surface area (Å²) < 4.78 is 6.17. The van der Waals surface area contributed by atoms with E-state index in [1.165, 1.54) is 69.0 Å². The molecule has 0 spiro atoms. The summed E-state index contributed by atoms with van der Waals surface area (Å²) >= 11 is 7.81. The maximum absolute atomic E-state index is 6.09. The number of benzene rings is 1. The van der Waals surface area contributed by atoms with Crippen molar-refractivity contribution >= 4 is 35.3 Å². The van der Waals surface area contributed by atoms with Crippen molar-refractivity contribution in [2.24, 2.45) is 0 Å². The van der Waals surface area contributed by atoms with Crippen LogP contribution in [0, 0.1) is 0 Å². The standard InChI is InChI=1S/C23H32ClN3OS.ClH/c1-28-21-5-3-19(4-6-21)17-26-13-9-20(10-14-26)27-12-2-11-25(15-16-27)18-22-7-8-23(24)29-22;/h3-8,20H,2,9-18H2,1H3;1H. The van der Waals surface area contributed by atoms with E-state index in [0.717, 1.165) is 29.2 Å². The zero-order valence-electron chi connectivity index (χ0n) is 17.8. The SMILES string of the molecule is COc1ccc(CN2CCC(N3CCCN(Cc4ccc(Cl)s4)CC3)CC2)cc1.Cl. The summed E-state index contributed by atoms with van der Waals surface area (Å²) in [5, 5.41) is 0. The van der Waals surface area contributed by atoms with E-state index in [4.69, 9.17) is 16.3 Å². The van der Waals surface area contributed by atoms with Crippen molar-refractivity contribution in [2.75, 3.05) is 46.4 Å². The molecule has 4 rings (SSSR count). The van der Waals surface area contributed by atoms with E-state index in [0.29, 0.717) is 0 Å². The van der Waals surface area contributed by atoms with Crippen LogP contribution in [-0.2, 0) is 13.1 Å². The molecule has 0 radical (unpaired) electrons. The van der Waals surface area contributed by atoms with Gasteiger partial charge < -0.3 is 4.74 Å². The highest BCUT2D eigenvalue weighted by Gasteiger charge is 2.26. The molecule has 0 unspecified atom stereocenters. The summed E-state index contributed by atoms with van der Waals surface area (Å²) in [6, 6.07) is 13.5. The van der Waals surface area contributed by atoms with Gasteiger partial charge in [0.2, 0.25) is 0 Å². The number of rotatable bonds is 6. The lowest BCUT2D eigenvalue weighted by Crippen LogP contribution is -2.45. The Bertz CT molecular complexity index is 762. The molecule has 0 aliphatic carbocycles. The van der Waals surface area contributed by atoms with Crippen LogP contribution < -0.4 is 4.74 Å². The number of methoxy groups -OCH3 is 1. The van der Waals surface area contributed by atoms with Crippen molar-refractivity contribution in [1.29, 1.82) is 0 Å². The first kappa shape index (κ1) is 23.8. The van der Waals surface area contributed by atoms with Crippen LogP contribution in [0.2, 0.25) is 4.34 Å². The quantitative estimate of drug-likeness (QED) is 0.591. The average Bonchev–Trinajstić information content (AvgIpc) is 3.01. The lowest BCUT2D eigenvalue weighted by molar-refractivity contribution is 0.106. The molecule has 2 aliphatic rings. The van der Waals surface area contributed by atoms with E-state index in [1.807, 2.05) is 6.07 Å². The minimum Gasteiger partial charge on any atom is -0.497 e. The molecule has 0 atom stereocenters. The van der Waals surface area contributed by atoms with Gasteiger partial charge in [0.05, 0.1) is 11.4 Å². The van der Waals surface area contributed by atoms with Gasteiger partial charge in [0.1, 0.15) is 5.75 Å². The molecule has 0 N–H and O–H groups in total. The molecule has 7 heteroatoms. The van der Waals surface area contributed by atoms with Gasteiger partial charge in [-0.25, -0.2) is 0 Å². The van der Waals surface area contributed by atoms with Gasteiger partial charge in [0, 0.05) is 37.1 Å². The normalized spacial score (nSPS) is 19.9. The van der Waals surface area contributed by atoms with Crippen molar-refractivity contribution in [2.45, 2.75) is 38.4 Å². The predicted molar refractivity (Wildman–Crippen MR) is 129 cm³/mol. The third-order valence-corrected chi connectivity index (χ3v) is 7.49. The summed E-state index contributed by atoms with van der Waals surface area (Å²) in [4.78, 5) is 9.34. The van der Waals surface area contributed by atoms with Gasteiger partial charge in [-0.1, -0.05) is 23.7 Å². The first-order valence-corrected chi connectivity index (χ1v) is 11.9. The number of nitrogens with zero attached hydrogens (tertiary/aromatic N) is 3. The maximum Gasteiger partial charge on any atom is 0.118 e. The van der Waals surface area contributed by atoms with Gasteiger partial charge in [-0.15, -0.1) is 23.7 Å². The first-order valence-electron chi connectivity index (χ1n) is 10.8. The number of halogens is 2.